The molecule has 5 aromatic heterocycles. The van der Waals surface area contributed by atoms with E-state index in [-0.39, 0.29) is 22.6 Å². The van der Waals surface area contributed by atoms with Crippen molar-refractivity contribution >= 4 is 157 Å². The number of fused-ring (bicyclic) bond motifs is 4. The Labute approximate surface area is 706 Å². The van der Waals surface area contributed by atoms with E-state index in [0.717, 1.165) is 178 Å². The number of nitrogens with one attached hydrogen (secondary N) is 7. The van der Waals surface area contributed by atoms with Gasteiger partial charge in [-0.25, -0.2) is 24.3 Å². The van der Waals surface area contributed by atoms with Crippen LogP contribution in [-0.2, 0) is 55.1 Å². The number of rotatable bonds is 25. The van der Waals surface area contributed by atoms with Crippen LogP contribution >= 0.6 is 28.6 Å². The summed E-state index contributed by atoms with van der Waals surface area (Å²) in [6.07, 6.45) is 3.13. The number of morpholine rings is 1. The maximum atomic E-state index is 14.0. The summed E-state index contributed by atoms with van der Waals surface area (Å²) in [7, 11) is -7.01. The second-order valence-corrected chi connectivity index (χ2v) is 45.1. The van der Waals surface area contributed by atoms with Gasteiger partial charge < -0.3 is 70.0 Å². The van der Waals surface area contributed by atoms with Crippen LogP contribution in [0, 0.1) is 12.7 Å². The number of halogens is 4. The molecule has 121 heavy (non-hydrogen) atoms. The number of aromatic nitrogens is 5. The van der Waals surface area contributed by atoms with Crippen molar-refractivity contribution in [1.29, 1.82) is 0 Å². The van der Waals surface area contributed by atoms with Crippen LogP contribution in [-0.4, -0.2) is 128 Å². The second kappa shape index (κ2) is 38.5. The van der Waals surface area contributed by atoms with Crippen LogP contribution in [0.25, 0.3) is 32.8 Å². The van der Waals surface area contributed by atoms with Gasteiger partial charge in [0, 0.05) is 158 Å². The lowest BCUT2D eigenvalue weighted by molar-refractivity contribution is -0.136. The monoisotopic (exact) mass is 1710 g/mol. The predicted molar refractivity (Wildman–Crippen MR) is 499 cm³/mol. The molecule has 0 bridgehead atoms. The van der Waals surface area contributed by atoms with Gasteiger partial charge in [-0.05, 0) is 231 Å². The van der Waals surface area contributed by atoms with Crippen molar-refractivity contribution in [2.75, 3.05) is 134 Å². The summed E-state index contributed by atoms with van der Waals surface area (Å²) in [5.41, 5.74) is 15.6. The zero-order valence-corrected chi connectivity index (χ0v) is 73.9. The van der Waals surface area contributed by atoms with Crippen molar-refractivity contribution in [2.24, 2.45) is 0 Å². The van der Waals surface area contributed by atoms with Crippen molar-refractivity contribution in [3.05, 3.63) is 264 Å². The van der Waals surface area contributed by atoms with Gasteiger partial charge in [-0.2, -0.15) is 13.2 Å². The van der Waals surface area contributed by atoms with E-state index < -0.39 is 46.1 Å². The number of benzene rings is 8. The Morgan fingerprint density at radius 1 is 0.521 bits per heavy atom. The molecule has 0 unspecified atom stereocenters. The molecule has 0 spiro atoms. The molecule has 1 aliphatic heterocycles. The summed E-state index contributed by atoms with van der Waals surface area (Å²) in [5, 5.41) is 28.0. The van der Waals surface area contributed by atoms with E-state index in [9.17, 15) is 35.8 Å². The van der Waals surface area contributed by atoms with Gasteiger partial charge in [-0.1, -0.05) is 93.6 Å². The number of hydrogen-bond acceptors (Lipinski definition) is 19. The minimum atomic E-state index is -4.71. The number of aryl methyl sites for hydroxylation is 1. The van der Waals surface area contributed by atoms with E-state index in [1.165, 1.54) is 34.0 Å². The van der Waals surface area contributed by atoms with E-state index >= 15 is 0 Å². The first kappa shape index (κ1) is 88.0. The highest BCUT2D eigenvalue weighted by molar-refractivity contribution is 7.71. The Morgan fingerprint density at radius 2 is 1.03 bits per heavy atom. The summed E-state index contributed by atoms with van der Waals surface area (Å²) in [6, 6.07) is 68.7. The van der Waals surface area contributed by atoms with Gasteiger partial charge in [0.1, 0.15) is 63.2 Å². The third-order valence-corrected chi connectivity index (χ3v) is 29.5. The Morgan fingerprint density at radius 3 is 1.63 bits per heavy atom. The van der Waals surface area contributed by atoms with E-state index in [0.29, 0.717) is 36.4 Å². The molecule has 0 radical (unpaired) electrons. The molecule has 0 amide bonds. The highest BCUT2D eigenvalue weighted by atomic mass is 31.2. The van der Waals surface area contributed by atoms with Gasteiger partial charge >= 0.3 is 6.18 Å². The molecule has 13 aromatic rings. The first-order valence-corrected chi connectivity index (χ1v) is 50.8. The van der Waals surface area contributed by atoms with Gasteiger partial charge in [-0.15, -0.1) is 0 Å². The fourth-order valence-corrected chi connectivity index (χ4v) is 19.0. The lowest BCUT2D eigenvalue weighted by Gasteiger charge is -2.31. The van der Waals surface area contributed by atoms with Crippen molar-refractivity contribution in [2.45, 2.75) is 85.1 Å². The lowest BCUT2D eigenvalue weighted by atomic mass is 10.1. The number of nitrogens with zero attached hydrogens (tertiary/aromatic N) is 7. The minimum Gasteiger partial charge on any atom is -0.382 e. The lowest BCUT2D eigenvalue weighted by Crippen LogP contribution is -2.36. The molecule has 1 saturated carbocycles. The van der Waals surface area contributed by atoms with Gasteiger partial charge in [0.05, 0.1) is 46.7 Å². The topological polar surface area (TPSA) is 233 Å². The molecule has 630 valence electrons. The molecule has 3 aliphatic rings. The van der Waals surface area contributed by atoms with Crippen LogP contribution in [0.5, 0.6) is 0 Å². The molecular weight excluding hydrogens is 1610 g/mol. The smallest absolute Gasteiger partial charge is 0.382 e. The average Bonchev–Trinajstić information content (AvgIpc) is 1.21. The van der Waals surface area contributed by atoms with Crippen molar-refractivity contribution in [3.8, 4) is 0 Å². The number of para-hydroxylation sites is 2. The summed E-state index contributed by atoms with van der Waals surface area (Å²) >= 11 is 0. The van der Waals surface area contributed by atoms with Gasteiger partial charge in [0.15, 0.2) is 0 Å². The average molecular weight is 1710 g/mol. The molecule has 2 fully saturated rings. The fraction of sp³-hybridized carbons (Fsp3) is 0.287. The number of anilines is 13. The van der Waals surface area contributed by atoms with Crippen LogP contribution in [0.15, 0.2) is 225 Å². The number of hydrogen-bond donors (Lipinski definition) is 7. The second-order valence-electron chi connectivity index (χ2n) is 31.9. The van der Waals surface area contributed by atoms with Gasteiger partial charge in [-0.3, -0.25) is 4.98 Å². The Hall–Kier alpha value is -10.8. The zero-order valence-electron chi connectivity index (χ0n) is 70.3. The summed E-state index contributed by atoms with van der Waals surface area (Å²) in [6.45, 7) is 24.7. The van der Waals surface area contributed by atoms with Crippen molar-refractivity contribution < 1.29 is 40.6 Å². The van der Waals surface area contributed by atoms with Gasteiger partial charge in [0.2, 0.25) is 0 Å². The number of alkyl halides is 3. The quantitative estimate of drug-likeness (QED) is 0.0208. The third kappa shape index (κ3) is 23.1. The van der Waals surface area contributed by atoms with Crippen molar-refractivity contribution in [3.63, 3.8) is 0 Å². The predicted octanol–water partition coefficient (Wildman–Crippen LogP) is 22.1. The molecule has 0 atom stereocenters. The Bertz CT molecular complexity index is 5980. The molecule has 7 N–H and O–H groups in total. The number of pyridine rings is 5. The van der Waals surface area contributed by atoms with E-state index in [1.54, 1.807) is 70.5 Å². The molecule has 1 saturated heterocycles. The molecule has 16 rings (SSSR count). The maximum absolute atomic E-state index is 14.0. The third-order valence-electron chi connectivity index (χ3n) is 21.6. The summed E-state index contributed by atoms with van der Waals surface area (Å²) in [5.74, 6) is 1.77. The highest BCUT2D eigenvalue weighted by Crippen LogP contribution is 2.46. The largest absolute Gasteiger partial charge is 0.417 e. The van der Waals surface area contributed by atoms with E-state index in [4.69, 9.17) is 19.7 Å². The normalized spacial score (nSPS) is 13.6. The molecule has 19 nitrogen and oxygen atoms in total. The van der Waals surface area contributed by atoms with Gasteiger partial charge in [0.25, 0.3) is 0 Å². The molecule has 8 aromatic carbocycles. The highest BCUT2D eigenvalue weighted by Gasteiger charge is 2.36. The molecule has 6 heterocycles. The maximum Gasteiger partial charge on any atom is 0.417 e. The van der Waals surface area contributed by atoms with E-state index in [2.05, 4.69) is 126 Å². The Balaban J connectivity index is 0.000000139. The fourth-order valence-electron chi connectivity index (χ4n) is 14.5. The first-order chi connectivity index (χ1) is 57.9. The molecule has 27 heteroatoms. The van der Waals surface area contributed by atoms with E-state index in [1.807, 2.05) is 141 Å². The van der Waals surface area contributed by atoms with Crippen LogP contribution in [0.2, 0.25) is 0 Å². The molecule has 2 aliphatic carbocycles. The van der Waals surface area contributed by atoms with Crippen LogP contribution in [0.4, 0.5) is 92.0 Å². The molecular formula is C94H106F4N14O5P4. The van der Waals surface area contributed by atoms with Crippen LogP contribution in [0.1, 0.15) is 73.5 Å². The Kier molecular flexibility index (Phi) is 28.0. The standard InChI is InChI=1S/C26H33N4OP.C23H24F4N3OP.C23H23N4OP.C22H26N3O2P/c1-5-30(2)18-19-9-11-21(12-10-19)28-26-17-25(23-7-6-8-24(23)29-26)27-20-13-15-22(16-14-20)32(3,4)31;1-3-32(31,4-2)17-9-7-16(8-10-17)29-21-13-20(28-15-5-6-15)22-18(23(25,26)27)11-14(24)12-19(22)30-21;1-29(2,28)19-12-10-17(11-13-19)16-25-22-15-21(26-18-7-4-3-5-8-18)23-20(27-22)9-6-14-24-23;1-16-21(25-12-14-27-15-13-25)19-6-4-5-7-20(19)24-22(16)23-17-8-10-18(11-9-17)28(2,3)26/h9-17H,5-8,18H2,1-4H3,(H2,27,28,29);7-13,15H,3-6H2,1-2H3,(H2,28,29,30);3-15H,16H2,1-2H3,(H2,25,26,27);4-11H,12-15H2,1-3H3,(H,23,24). The van der Waals surface area contributed by atoms with Crippen LogP contribution in [0.3, 0.4) is 0 Å². The first-order valence-electron chi connectivity index (χ1n) is 40.9. The summed E-state index contributed by atoms with van der Waals surface area (Å²) < 4.78 is 110. The summed E-state index contributed by atoms with van der Waals surface area (Å²) in [4.78, 5) is 27.9. The zero-order chi connectivity index (χ0) is 85.8. The number of ether oxygens (including phenoxy) is 1. The van der Waals surface area contributed by atoms with Crippen molar-refractivity contribution in [1.82, 2.24) is 29.8 Å². The minimum absolute atomic E-state index is 0.0800. The SMILES string of the molecule is CCN(C)Cc1ccc(Nc2cc(Nc3ccc(P(C)(C)=O)cc3)c3c(n2)CCC3)cc1.CCP(=O)(CC)c1ccc(Nc2cc(NC3CC3)c3c(C(F)(F)F)cc(F)cc3n2)cc1.CP(C)(=O)c1ccc(CNc2cc(Nc3ccccc3)c3ncccc3n2)cc1.Cc1c(Nc2ccc(P(C)(C)=O)cc2)nc2ccccc2c1N1CCOCC1. The van der Waals surface area contributed by atoms with Crippen LogP contribution < -0.4 is 63.3 Å².